The molecule has 0 saturated heterocycles. The molecule has 3 aromatic heterocycles. The van der Waals surface area contributed by atoms with Crippen LogP contribution in [0.15, 0.2) is 70.7 Å². The maximum absolute atomic E-state index is 13.8. The number of thiazole rings is 1. The quantitative estimate of drug-likeness (QED) is 0.331. The Balaban J connectivity index is 1.45. The normalized spacial score (nSPS) is 11.1. The summed E-state index contributed by atoms with van der Waals surface area (Å²) in [6.45, 7) is 2.57. The van der Waals surface area contributed by atoms with Crippen molar-refractivity contribution in [2.24, 2.45) is 0 Å². The Labute approximate surface area is 193 Å². The van der Waals surface area contributed by atoms with Gasteiger partial charge < -0.3 is 13.7 Å². The predicted molar refractivity (Wildman–Crippen MR) is 126 cm³/mol. The van der Waals surface area contributed by atoms with Gasteiger partial charge in [0.15, 0.2) is 10.7 Å². The number of aromatic nitrogens is 2. The second-order valence-electron chi connectivity index (χ2n) is 7.55. The minimum absolute atomic E-state index is 0.304. The van der Waals surface area contributed by atoms with Crippen LogP contribution in [0, 0.1) is 12.7 Å². The van der Waals surface area contributed by atoms with Gasteiger partial charge in [-0.3, -0.25) is 10.1 Å². The maximum atomic E-state index is 13.8. The molecule has 2 aromatic carbocycles. The molecule has 0 fully saturated rings. The molecule has 8 heteroatoms. The molecule has 0 atom stereocenters. The summed E-state index contributed by atoms with van der Waals surface area (Å²) in [5, 5.41) is 5.02. The highest BCUT2D eigenvalue weighted by atomic mass is 32.1. The van der Waals surface area contributed by atoms with Gasteiger partial charge in [0.25, 0.3) is 5.91 Å². The number of nitrogens with zero attached hydrogens (tertiary/aromatic N) is 2. The van der Waals surface area contributed by atoms with Crippen molar-refractivity contribution < 1.29 is 18.3 Å². The third-order valence-electron chi connectivity index (χ3n) is 5.51. The highest BCUT2D eigenvalue weighted by Gasteiger charge is 2.20. The Morgan fingerprint density at radius 3 is 2.88 bits per heavy atom. The van der Waals surface area contributed by atoms with Crippen LogP contribution in [0.3, 0.4) is 0 Å². The van der Waals surface area contributed by atoms with E-state index in [1.54, 1.807) is 23.8 Å². The SMILES string of the molecule is COc1ccc(F)cc1-c1csc(NC(=O)c2cc3occc3n2Cc2ccccc2C)n1. The lowest BCUT2D eigenvalue weighted by atomic mass is 10.1. The van der Waals surface area contributed by atoms with Crippen molar-refractivity contribution in [2.75, 3.05) is 12.4 Å². The van der Waals surface area contributed by atoms with Crippen LogP contribution in [0.4, 0.5) is 9.52 Å². The fourth-order valence-corrected chi connectivity index (χ4v) is 4.50. The molecule has 0 saturated carbocycles. The number of methoxy groups -OCH3 is 1. The average molecular weight is 462 g/mol. The molecule has 6 nitrogen and oxygen atoms in total. The van der Waals surface area contributed by atoms with Gasteiger partial charge in [0.2, 0.25) is 0 Å². The van der Waals surface area contributed by atoms with E-state index in [4.69, 9.17) is 9.15 Å². The van der Waals surface area contributed by atoms with Crippen molar-refractivity contribution in [3.63, 3.8) is 0 Å². The lowest BCUT2D eigenvalue weighted by molar-refractivity contribution is 0.101. The molecule has 166 valence electrons. The monoisotopic (exact) mass is 461 g/mol. The number of nitrogens with one attached hydrogen (secondary N) is 1. The summed E-state index contributed by atoms with van der Waals surface area (Å²) in [5.41, 5.74) is 5.24. The minimum Gasteiger partial charge on any atom is -0.496 e. The van der Waals surface area contributed by atoms with Gasteiger partial charge in [0.1, 0.15) is 17.3 Å². The third kappa shape index (κ3) is 4.01. The minimum atomic E-state index is -0.388. The molecule has 3 heterocycles. The summed E-state index contributed by atoms with van der Waals surface area (Å²) in [5.74, 6) is -0.185. The summed E-state index contributed by atoms with van der Waals surface area (Å²) >= 11 is 1.26. The number of fused-ring (bicyclic) bond motifs is 1. The lowest BCUT2D eigenvalue weighted by Crippen LogP contribution is -2.17. The average Bonchev–Trinajstić information content (AvgIpc) is 3.53. The fraction of sp³-hybridized carbons (Fsp3) is 0.120. The van der Waals surface area contributed by atoms with Crippen molar-refractivity contribution in [3.8, 4) is 17.0 Å². The van der Waals surface area contributed by atoms with Gasteiger partial charge in [-0.1, -0.05) is 24.3 Å². The van der Waals surface area contributed by atoms with E-state index in [1.807, 2.05) is 41.8 Å². The van der Waals surface area contributed by atoms with E-state index in [9.17, 15) is 9.18 Å². The van der Waals surface area contributed by atoms with Crippen molar-refractivity contribution in [1.82, 2.24) is 9.55 Å². The van der Waals surface area contributed by atoms with E-state index in [1.165, 1.54) is 30.6 Å². The largest absolute Gasteiger partial charge is 0.496 e. The number of ether oxygens (including phenoxy) is 1. The van der Waals surface area contributed by atoms with Crippen LogP contribution in [0.1, 0.15) is 21.6 Å². The molecule has 0 aliphatic carbocycles. The summed E-state index contributed by atoms with van der Waals surface area (Å²) in [4.78, 5) is 17.7. The van der Waals surface area contributed by atoms with Crippen molar-refractivity contribution in [3.05, 3.63) is 88.9 Å². The van der Waals surface area contributed by atoms with Crippen LogP contribution in [0.5, 0.6) is 5.75 Å². The van der Waals surface area contributed by atoms with Gasteiger partial charge in [0.05, 0.1) is 24.6 Å². The van der Waals surface area contributed by atoms with E-state index in [0.717, 1.165) is 16.6 Å². The molecular formula is C25H20FN3O3S. The highest BCUT2D eigenvalue weighted by molar-refractivity contribution is 7.14. The van der Waals surface area contributed by atoms with Crippen LogP contribution >= 0.6 is 11.3 Å². The van der Waals surface area contributed by atoms with Crippen molar-refractivity contribution in [2.45, 2.75) is 13.5 Å². The van der Waals surface area contributed by atoms with E-state index >= 15 is 0 Å². The Hall–Kier alpha value is -3.91. The zero-order valence-electron chi connectivity index (χ0n) is 18.0. The Morgan fingerprint density at radius 2 is 2.06 bits per heavy atom. The first-order valence-electron chi connectivity index (χ1n) is 10.3. The lowest BCUT2D eigenvalue weighted by Gasteiger charge is -2.11. The zero-order chi connectivity index (χ0) is 22.9. The summed E-state index contributed by atoms with van der Waals surface area (Å²) in [7, 11) is 1.52. The van der Waals surface area contributed by atoms with Crippen molar-refractivity contribution >= 4 is 33.5 Å². The number of carbonyl (C=O) groups is 1. The summed E-state index contributed by atoms with van der Waals surface area (Å²) in [6.07, 6.45) is 1.61. The molecule has 5 aromatic rings. The van der Waals surface area contributed by atoms with E-state index in [2.05, 4.69) is 10.3 Å². The number of amides is 1. The first-order valence-corrected chi connectivity index (χ1v) is 11.1. The van der Waals surface area contributed by atoms with Crippen LogP contribution in [0.25, 0.3) is 22.4 Å². The topological polar surface area (TPSA) is 69.3 Å². The number of carbonyl (C=O) groups excluding carboxylic acids is 1. The predicted octanol–water partition coefficient (Wildman–Crippen LogP) is 6.11. The fourth-order valence-electron chi connectivity index (χ4n) is 3.79. The van der Waals surface area contributed by atoms with Crippen molar-refractivity contribution in [1.29, 1.82) is 0 Å². The molecule has 0 aliphatic rings. The standard InChI is InChI=1S/C25H20FN3O3S/c1-15-5-3-4-6-16(15)13-29-20-9-10-32-23(20)12-21(29)24(30)28-25-27-19(14-33-25)18-11-17(26)7-8-22(18)31-2/h3-12,14H,13H2,1-2H3,(H,27,28,30). The first-order chi connectivity index (χ1) is 16.0. The summed E-state index contributed by atoms with van der Waals surface area (Å²) in [6, 6.07) is 15.9. The molecule has 0 bridgehead atoms. The van der Waals surface area contributed by atoms with Gasteiger partial charge in [-0.25, -0.2) is 9.37 Å². The maximum Gasteiger partial charge on any atom is 0.274 e. The Morgan fingerprint density at radius 1 is 1.21 bits per heavy atom. The van der Waals surface area contributed by atoms with Crippen LogP contribution < -0.4 is 10.1 Å². The zero-order valence-corrected chi connectivity index (χ0v) is 18.8. The first kappa shape index (κ1) is 21.0. The van der Waals surface area contributed by atoms with Crippen LogP contribution in [-0.4, -0.2) is 22.6 Å². The smallest absolute Gasteiger partial charge is 0.274 e. The number of hydrogen-bond donors (Lipinski definition) is 1. The highest BCUT2D eigenvalue weighted by Crippen LogP contribution is 2.33. The molecule has 1 N–H and O–H groups in total. The second kappa shape index (κ2) is 8.55. The number of benzene rings is 2. The number of furan rings is 1. The third-order valence-corrected chi connectivity index (χ3v) is 6.26. The Bertz CT molecular complexity index is 1470. The number of rotatable bonds is 6. The molecule has 5 rings (SSSR count). The number of aryl methyl sites for hydroxylation is 1. The van der Waals surface area contributed by atoms with E-state index in [-0.39, 0.29) is 11.7 Å². The molecule has 0 radical (unpaired) electrons. The number of anilines is 1. The van der Waals surface area contributed by atoms with Crippen LogP contribution in [0.2, 0.25) is 0 Å². The van der Waals surface area contributed by atoms with Gasteiger partial charge in [-0.05, 0) is 36.2 Å². The van der Waals surface area contributed by atoms with E-state index in [0.29, 0.717) is 40.0 Å². The van der Waals surface area contributed by atoms with Gasteiger partial charge in [0, 0.05) is 29.6 Å². The molecule has 33 heavy (non-hydrogen) atoms. The van der Waals surface area contributed by atoms with E-state index < -0.39 is 0 Å². The Kier molecular flexibility index (Phi) is 5.43. The second-order valence-corrected chi connectivity index (χ2v) is 8.41. The summed E-state index contributed by atoms with van der Waals surface area (Å²) < 4.78 is 26.6. The molecule has 0 unspecified atom stereocenters. The van der Waals surface area contributed by atoms with Gasteiger partial charge >= 0.3 is 0 Å². The van der Waals surface area contributed by atoms with Crippen LogP contribution in [-0.2, 0) is 6.54 Å². The number of halogens is 1. The van der Waals surface area contributed by atoms with Gasteiger partial charge in [-0.15, -0.1) is 11.3 Å². The molecule has 0 spiro atoms. The number of hydrogen-bond acceptors (Lipinski definition) is 5. The molecule has 0 aliphatic heterocycles. The molecule has 1 amide bonds. The van der Waals surface area contributed by atoms with Gasteiger partial charge in [-0.2, -0.15) is 0 Å². The molecular weight excluding hydrogens is 441 g/mol.